The van der Waals surface area contributed by atoms with Crippen LogP contribution >= 0.6 is 34.7 Å². The van der Waals surface area contributed by atoms with Crippen molar-refractivity contribution < 1.29 is 4.79 Å². The van der Waals surface area contributed by atoms with Gasteiger partial charge in [0.05, 0.1) is 16.8 Å². The largest absolute Gasteiger partial charge is 0.325 e. The van der Waals surface area contributed by atoms with Crippen molar-refractivity contribution in [2.45, 2.75) is 39.3 Å². The van der Waals surface area contributed by atoms with Crippen LogP contribution in [-0.2, 0) is 11.2 Å². The van der Waals surface area contributed by atoms with E-state index in [-0.39, 0.29) is 17.2 Å². The van der Waals surface area contributed by atoms with Crippen LogP contribution in [0, 0.1) is 20.8 Å². The number of carbonyl (C=O) groups is 1. The number of amides is 1. The number of halogens is 1. The number of nitrogens with zero attached hydrogens (tertiary/aromatic N) is 2. The van der Waals surface area contributed by atoms with E-state index in [9.17, 15) is 9.59 Å². The Bertz CT molecular complexity index is 1410. The summed E-state index contributed by atoms with van der Waals surface area (Å²) in [4.78, 5) is 32.9. The van der Waals surface area contributed by atoms with Crippen molar-refractivity contribution in [2.24, 2.45) is 0 Å². The Balaban J connectivity index is 1.70. The summed E-state index contributed by atoms with van der Waals surface area (Å²) < 4.78 is 1.61. The highest BCUT2D eigenvalue weighted by molar-refractivity contribution is 7.99. The number of fused-ring (bicyclic) bond motifs is 1. The lowest BCUT2D eigenvalue weighted by atomic mass is 10.2. The number of thiophene rings is 1. The van der Waals surface area contributed by atoms with Gasteiger partial charge in [0.25, 0.3) is 5.56 Å². The molecule has 0 radical (unpaired) electrons. The van der Waals surface area contributed by atoms with Crippen LogP contribution in [0.1, 0.15) is 28.5 Å². The van der Waals surface area contributed by atoms with Crippen LogP contribution < -0.4 is 10.9 Å². The average molecular weight is 498 g/mol. The van der Waals surface area contributed by atoms with E-state index in [1.165, 1.54) is 11.8 Å². The molecule has 33 heavy (non-hydrogen) atoms. The Morgan fingerprint density at radius 3 is 2.55 bits per heavy atom. The summed E-state index contributed by atoms with van der Waals surface area (Å²) in [5.41, 5.74) is 4.30. The third-order valence-electron chi connectivity index (χ3n) is 5.43. The van der Waals surface area contributed by atoms with Crippen LogP contribution in [-0.4, -0.2) is 21.2 Å². The Morgan fingerprint density at radius 2 is 1.88 bits per heavy atom. The maximum absolute atomic E-state index is 13.6. The number of aryl methyl sites for hydroxylation is 4. The van der Waals surface area contributed by atoms with Gasteiger partial charge in [0.15, 0.2) is 5.16 Å². The van der Waals surface area contributed by atoms with Gasteiger partial charge in [0.2, 0.25) is 5.91 Å². The molecular formula is C25H24ClN3O2S2. The maximum Gasteiger partial charge on any atom is 0.267 e. The van der Waals surface area contributed by atoms with Crippen LogP contribution in [0.5, 0.6) is 0 Å². The minimum Gasteiger partial charge on any atom is -0.325 e. The number of hydrogen-bond donors (Lipinski definition) is 1. The molecule has 0 bridgehead atoms. The minimum absolute atomic E-state index is 0.106. The fraction of sp³-hybridized carbons (Fsp3) is 0.240. The number of anilines is 1. The highest BCUT2D eigenvalue weighted by Crippen LogP contribution is 2.30. The number of aromatic nitrogens is 2. The molecule has 0 aliphatic heterocycles. The van der Waals surface area contributed by atoms with E-state index in [1.54, 1.807) is 22.0 Å². The first-order valence-electron chi connectivity index (χ1n) is 10.6. The summed E-state index contributed by atoms with van der Waals surface area (Å²) in [6.45, 7) is 7.97. The summed E-state index contributed by atoms with van der Waals surface area (Å²) in [5, 5.41) is 4.61. The normalized spacial score (nSPS) is 11.2. The maximum atomic E-state index is 13.6. The zero-order valence-corrected chi connectivity index (χ0v) is 21.2. The highest BCUT2D eigenvalue weighted by Gasteiger charge is 2.19. The molecule has 0 atom stereocenters. The van der Waals surface area contributed by atoms with Gasteiger partial charge in [-0.3, -0.25) is 14.2 Å². The predicted molar refractivity (Wildman–Crippen MR) is 140 cm³/mol. The van der Waals surface area contributed by atoms with Crippen molar-refractivity contribution in [2.75, 3.05) is 11.1 Å². The molecule has 2 aromatic heterocycles. The van der Waals surface area contributed by atoms with E-state index in [0.29, 0.717) is 26.1 Å². The van der Waals surface area contributed by atoms with Gasteiger partial charge in [-0.05, 0) is 62.6 Å². The lowest BCUT2D eigenvalue weighted by molar-refractivity contribution is -0.113. The van der Waals surface area contributed by atoms with Crippen molar-refractivity contribution in [1.82, 2.24) is 9.55 Å². The standard InChI is InChI=1S/C25H24ClN3O2S2/c1-5-20-16(4)22-23(33-20)28-25(29(24(22)31)18-10-6-14(2)7-11-18)32-13-21(30)27-17-9-8-15(3)19(26)12-17/h6-12H,5,13H2,1-4H3,(H,27,30). The molecule has 2 heterocycles. The molecule has 4 rings (SSSR count). The first kappa shape index (κ1) is 23.5. The second kappa shape index (κ2) is 9.71. The third kappa shape index (κ3) is 4.86. The topological polar surface area (TPSA) is 64.0 Å². The van der Waals surface area contributed by atoms with Gasteiger partial charge in [0, 0.05) is 15.6 Å². The van der Waals surface area contributed by atoms with Gasteiger partial charge in [-0.15, -0.1) is 11.3 Å². The molecule has 0 fully saturated rings. The molecule has 5 nitrogen and oxygen atoms in total. The molecule has 0 unspecified atom stereocenters. The van der Waals surface area contributed by atoms with Gasteiger partial charge in [-0.2, -0.15) is 0 Å². The minimum atomic E-state index is -0.193. The second-order valence-corrected chi connectivity index (χ2v) is 10.3. The van der Waals surface area contributed by atoms with Crippen molar-refractivity contribution >= 4 is 56.5 Å². The lowest BCUT2D eigenvalue weighted by Gasteiger charge is -2.13. The Hall–Kier alpha value is -2.61. The molecule has 0 spiro atoms. The summed E-state index contributed by atoms with van der Waals surface area (Å²) in [6.07, 6.45) is 0.848. The van der Waals surface area contributed by atoms with Gasteiger partial charge in [-0.1, -0.05) is 54.0 Å². The Morgan fingerprint density at radius 1 is 1.15 bits per heavy atom. The van der Waals surface area contributed by atoms with E-state index < -0.39 is 0 Å². The summed E-state index contributed by atoms with van der Waals surface area (Å²) in [5.74, 6) is -0.0818. The fourth-order valence-corrected chi connectivity index (χ4v) is 5.72. The molecule has 2 aromatic carbocycles. The smallest absolute Gasteiger partial charge is 0.267 e. The predicted octanol–water partition coefficient (Wildman–Crippen LogP) is 6.32. The van der Waals surface area contributed by atoms with Crippen LogP contribution in [0.25, 0.3) is 15.9 Å². The zero-order valence-electron chi connectivity index (χ0n) is 18.9. The number of carbonyl (C=O) groups excluding carboxylic acids is 1. The molecule has 0 aliphatic carbocycles. The van der Waals surface area contributed by atoms with Crippen LogP contribution in [0.3, 0.4) is 0 Å². The molecule has 4 aromatic rings. The molecule has 0 saturated heterocycles. The van der Waals surface area contributed by atoms with E-state index in [1.807, 2.05) is 57.2 Å². The van der Waals surface area contributed by atoms with Crippen LogP contribution in [0.15, 0.2) is 52.4 Å². The van der Waals surface area contributed by atoms with Crippen LogP contribution in [0.4, 0.5) is 5.69 Å². The van der Waals surface area contributed by atoms with Gasteiger partial charge >= 0.3 is 0 Å². The molecular weight excluding hydrogens is 474 g/mol. The Kier molecular flexibility index (Phi) is 6.93. The van der Waals surface area contributed by atoms with E-state index >= 15 is 0 Å². The number of rotatable bonds is 6. The summed E-state index contributed by atoms with van der Waals surface area (Å²) in [7, 11) is 0. The molecule has 8 heteroatoms. The fourth-order valence-electron chi connectivity index (χ4n) is 3.56. The number of thioether (sulfide) groups is 1. The van der Waals surface area contributed by atoms with Crippen LogP contribution in [0.2, 0.25) is 5.02 Å². The third-order valence-corrected chi connectivity index (χ3v) is 8.11. The summed E-state index contributed by atoms with van der Waals surface area (Å²) >= 11 is 8.96. The van der Waals surface area contributed by atoms with Gasteiger partial charge < -0.3 is 5.32 Å². The van der Waals surface area contributed by atoms with Crippen molar-refractivity contribution in [3.8, 4) is 5.69 Å². The monoisotopic (exact) mass is 497 g/mol. The first-order valence-corrected chi connectivity index (χ1v) is 12.8. The van der Waals surface area contributed by atoms with Crippen molar-refractivity contribution in [3.63, 3.8) is 0 Å². The summed E-state index contributed by atoms with van der Waals surface area (Å²) in [6, 6.07) is 13.2. The number of nitrogens with one attached hydrogen (secondary N) is 1. The highest BCUT2D eigenvalue weighted by atomic mass is 35.5. The number of benzene rings is 2. The van der Waals surface area contributed by atoms with E-state index in [0.717, 1.165) is 33.7 Å². The second-order valence-electron chi connectivity index (χ2n) is 7.86. The molecule has 1 N–H and O–H groups in total. The van der Waals surface area contributed by atoms with E-state index in [4.69, 9.17) is 16.6 Å². The van der Waals surface area contributed by atoms with E-state index in [2.05, 4.69) is 12.2 Å². The molecule has 0 aliphatic rings. The lowest BCUT2D eigenvalue weighted by Crippen LogP contribution is -2.23. The zero-order chi connectivity index (χ0) is 23.7. The van der Waals surface area contributed by atoms with Crippen molar-refractivity contribution in [3.05, 3.63) is 79.4 Å². The SMILES string of the molecule is CCc1sc2nc(SCC(=O)Nc3ccc(C)c(Cl)c3)n(-c3ccc(C)cc3)c(=O)c2c1C. The average Bonchev–Trinajstić information content (AvgIpc) is 3.11. The number of hydrogen-bond acceptors (Lipinski definition) is 5. The Labute approximate surface area is 205 Å². The van der Waals surface area contributed by atoms with Crippen molar-refractivity contribution in [1.29, 1.82) is 0 Å². The molecule has 1 amide bonds. The van der Waals surface area contributed by atoms with Gasteiger partial charge in [-0.25, -0.2) is 4.98 Å². The molecule has 170 valence electrons. The first-order chi connectivity index (χ1) is 15.8. The quantitative estimate of drug-likeness (QED) is 0.250. The molecule has 0 saturated carbocycles. The van der Waals surface area contributed by atoms with Gasteiger partial charge in [0.1, 0.15) is 4.83 Å².